The summed E-state index contributed by atoms with van der Waals surface area (Å²) in [5.41, 5.74) is 15.7. The molecule has 4 nitrogen and oxygen atoms in total. The van der Waals surface area contributed by atoms with Gasteiger partial charge in [-0.25, -0.2) is 4.98 Å². The molecule has 0 unspecified atom stereocenters. The second kappa shape index (κ2) is 11.1. The summed E-state index contributed by atoms with van der Waals surface area (Å²) in [5.74, 6) is 1.01. The van der Waals surface area contributed by atoms with Gasteiger partial charge in [0.25, 0.3) is 0 Å². The van der Waals surface area contributed by atoms with E-state index in [4.69, 9.17) is 4.98 Å². The Hall–Kier alpha value is -6.39. The van der Waals surface area contributed by atoms with E-state index in [1.807, 2.05) is 0 Å². The van der Waals surface area contributed by atoms with Crippen molar-refractivity contribution in [1.29, 1.82) is 0 Å². The standard InChI is InChI=1S/C49H38N4/c1-4-30-51-41-29-17-13-25-37(41)50-48(51)35-23-11-16-28-40(35)53-39-27-15-9-21-33(39)43-45-42(32-20-8-12-24-36(32)49(45,2)3)46-44(47(43)53)34-22-10-14-26-38(34)52(46)31-18-6-5-7-19-31/h5-29H,4,30H2,1-3H3. The van der Waals surface area contributed by atoms with E-state index in [1.165, 1.54) is 77.1 Å². The second-order valence-corrected chi connectivity index (χ2v) is 15.0. The first-order valence-electron chi connectivity index (χ1n) is 18.8. The normalized spacial score (nSPS) is 13.5. The number of nitrogens with zero attached hydrogens (tertiary/aromatic N) is 4. The number of benzene rings is 7. The van der Waals surface area contributed by atoms with E-state index < -0.39 is 0 Å². The van der Waals surface area contributed by atoms with E-state index in [9.17, 15) is 0 Å². The molecule has 7 aromatic carbocycles. The molecule has 0 saturated carbocycles. The molecule has 0 amide bonds. The lowest BCUT2D eigenvalue weighted by Crippen LogP contribution is -2.15. The highest BCUT2D eigenvalue weighted by molar-refractivity contribution is 6.31. The Kier molecular flexibility index (Phi) is 6.31. The molecule has 1 aliphatic rings. The van der Waals surface area contributed by atoms with Gasteiger partial charge in [0.1, 0.15) is 5.82 Å². The summed E-state index contributed by atoms with van der Waals surface area (Å²) >= 11 is 0. The first kappa shape index (κ1) is 30.3. The van der Waals surface area contributed by atoms with Gasteiger partial charge in [0.05, 0.1) is 38.8 Å². The molecule has 0 spiro atoms. The van der Waals surface area contributed by atoms with Crippen molar-refractivity contribution in [1.82, 2.24) is 18.7 Å². The van der Waals surface area contributed by atoms with Gasteiger partial charge in [0.2, 0.25) is 0 Å². The minimum atomic E-state index is -0.236. The zero-order valence-corrected chi connectivity index (χ0v) is 30.1. The molecule has 0 bridgehead atoms. The van der Waals surface area contributed by atoms with E-state index in [2.05, 4.69) is 186 Å². The van der Waals surface area contributed by atoms with Crippen LogP contribution in [0.25, 0.3) is 88.5 Å². The van der Waals surface area contributed by atoms with Crippen LogP contribution in [-0.4, -0.2) is 18.7 Å². The molecular weight excluding hydrogens is 645 g/mol. The minimum Gasteiger partial charge on any atom is -0.324 e. The van der Waals surface area contributed by atoms with Crippen LogP contribution < -0.4 is 0 Å². The zero-order chi connectivity index (χ0) is 35.4. The van der Waals surface area contributed by atoms with Gasteiger partial charge in [-0.3, -0.25) is 0 Å². The first-order valence-corrected chi connectivity index (χ1v) is 18.8. The van der Waals surface area contributed by atoms with Crippen LogP contribution in [0.1, 0.15) is 38.3 Å². The Morgan fingerprint density at radius 2 is 1.15 bits per heavy atom. The third kappa shape index (κ3) is 3.98. The van der Waals surface area contributed by atoms with Gasteiger partial charge in [-0.05, 0) is 71.6 Å². The van der Waals surface area contributed by atoms with Crippen LogP contribution in [0.15, 0.2) is 152 Å². The lowest BCUT2D eigenvalue weighted by Gasteiger charge is -2.23. The maximum absolute atomic E-state index is 5.34. The number of rotatable bonds is 5. The smallest absolute Gasteiger partial charge is 0.143 e. The highest BCUT2D eigenvalue weighted by Gasteiger charge is 2.41. The Morgan fingerprint density at radius 1 is 0.547 bits per heavy atom. The fourth-order valence-corrected chi connectivity index (χ4v) is 9.64. The maximum atomic E-state index is 5.34. The Bertz CT molecular complexity index is 3100. The van der Waals surface area contributed by atoms with Crippen molar-refractivity contribution in [2.24, 2.45) is 0 Å². The van der Waals surface area contributed by atoms with Crippen LogP contribution in [0.5, 0.6) is 0 Å². The van der Waals surface area contributed by atoms with Crippen LogP contribution in [-0.2, 0) is 12.0 Å². The van der Waals surface area contributed by atoms with Gasteiger partial charge in [-0.2, -0.15) is 0 Å². The highest BCUT2D eigenvalue weighted by atomic mass is 15.1. The number of fused-ring (bicyclic) bond motifs is 13. The predicted octanol–water partition coefficient (Wildman–Crippen LogP) is 12.6. The van der Waals surface area contributed by atoms with Gasteiger partial charge in [-0.1, -0.05) is 124 Å². The fourth-order valence-electron chi connectivity index (χ4n) is 9.64. The van der Waals surface area contributed by atoms with Gasteiger partial charge in [0.15, 0.2) is 0 Å². The number of hydrogen-bond donors (Lipinski definition) is 0. The average molecular weight is 683 g/mol. The molecule has 10 aromatic rings. The van der Waals surface area contributed by atoms with Crippen LogP contribution in [0.2, 0.25) is 0 Å². The molecular formula is C49H38N4. The number of hydrogen-bond acceptors (Lipinski definition) is 1. The van der Waals surface area contributed by atoms with Crippen LogP contribution in [0, 0.1) is 0 Å². The zero-order valence-electron chi connectivity index (χ0n) is 30.1. The summed E-state index contributed by atoms with van der Waals surface area (Å²) in [5, 5.41) is 5.13. The molecule has 3 aromatic heterocycles. The number of aromatic nitrogens is 4. The fraction of sp³-hybridized carbons (Fsp3) is 0.122. The predicted molar refractivity (Wildman–Crippen MR) is 222 cm³/mol. The van der Waals surface area contributed by atoms with Crippen molar-refractivity contribution < 1.29 is 0 Å². The Labute approximate surface area is 308 Å². The summed E-state index contributed by atoms with van der Waals surface area (Å²) in [4.78, 5) is 5.34. The van der Waals surface area contributed by atoms with Crippen LogP contribution >= 0.6 is 0 Å². The quantitative estimate of drug-likeness (QED) is 0.178. The minimum absolute atomic E-state index is 0.236. The molecule has 0 saturated heterocycles. The lowest BCUT2D eigenvalue weighted by molar-refractivity contribution is 0.667. The van der Waals surface area contributed by atoms with Gasteiger partial charge in [0, 0.05) is 50.3 Å². The number of imidazole rings is 1. The van der Waals surface area contributed by atoms with Crippen LogP contribution in [0.3, 0.4) is 0 Å². The summed E-state index contributed by atoms with van der Waals surface area (Å²) in [6.07, 6.45) is 1.02. The number of para-hydroxylation sites is 6. The molecule has 254 valence electrons. The molecule has 3 heterocycles. The van der Waals surface area contributed by atoms with Crippen molar-refractivity contribution in [3.63, 3.8) is 0 Å². The van der Waals surface area contributed by atoms with Gasteiger partial charge < -0.3 is 13.7 Å². The van der Waals surface area contributed by atoms with Crippen molar-refractivity contribution in [3.05, 3.63) is 163 Å². The average Bonchev–Trinajstić information content (AvgIpc) is 3.91. The number of aryl methyl sites for hydroxylation is 1. The Balaban J connectivity index is 1.40. The van der Waals surface area contributed by atoms with E-state index in [0.29, 0.717) is 0 Å². The van der Waals surface area contributed by atoms with Gasteiger partial charge >= 0.3 is 0 Å². The highest BCUT2D eigenvalue weighted by Crippen LogP contribution is 2.58. The molecule has 4 heteroatoms. The summed E-state index contributed by atoms with van der Waals surface area (Å²) in [6.45, 7) is 7.99. The molecule has 0 fully saturated rings. The van der Waals surface area contributed by atoms with E-state index in [-0.39, 0.29) is 5.41 Å². The monoisotopic (exact) mass is 682 g/mol. The summed E-state index contributed by atoms with van der Waals surface area (Å²) in [6, 6.07) is 55.5. The van der Waals surface area contributed by atoms with Gasteiger partial charge in [-0.15, -0.1) is 0 Å². The molecule has 0 atom stereocenters. The second-order valence-electron chi connectivity index (χ2n) is 15.0. The Morgan fingerprint density at radius 3 is 1.92 bits per heavy atom. The third-order valence-electron chi connectivity index (χ3n) is 11.7. The summed E-state index contributed by atoms with van der Waals surface area (Å²) in [7, 11) is 0. The molecule has 53 heavy (non-hydrogen) atoms. The third-order valence-corrected chi connectivity index (χ3v) is 11.7. The van der Waals surface area contributed by atoms with Crippen molar-refractivity contribution in [2.75, 3.05) is 0 Å². The SMILES string of the molecule is CCCn1c(-c2ccccc2-n2c3ccccc3c3c4c(c5c(c6ccccc6n5-c5ccccc5)c32)-c2ccccc2C4(C)C)nc2ccccc21. The van der Waals surface area contributed by atoms with E-state index in [1.54, 1.807) is 0 Å². The molecule has 0 aliphatic heterocycles. The molecule has 1 aliphatic carbocycles. The van der Waals surface area contributed by atoms with Crippen molar-refractivity contribution in [3.8, 4) is 33.9 Å². The van der Waals surface area contributed by atoms with Crippen molar-refractivity contribution in [2.45, 2.75) is 39.2 Å². The molecule has 11 rings (SSSR count). The lowest BCUT2D eigenvalue weighted by atomic mass is 9.80. The van der Waals surface area contributed by atoms with Crippen LogP contribution in [0.4, 0.5) is 0 Å². The molecule has 0 N–H and O–H groups in total. The summed E-state index contributed by atoms with van der Waals surface area (Å²) < 4.78 is 7.51. The van der Waals surface area contributed by atoms with E-state index >= 15 is 0 Å². The topological polar surface area (TPSA) is 27.7 Å². The molecule has 0 radical (unpaired) electrons. The van der Waals surface area contributed by atoms with Crippen molar-refractivity contribution >= 4 is 54.6 Å². The maximum Gasteiger partial charge on any atom is 0.143 e. The first-order chi connectivity index (χ1) is 26.1. The largest absolute Gasteiger partial charge is 0.324 e. The van der Waals surface area contributed by atoms with E-state index in [0.717, 1.165) is 35.6 Å².